The van der Waals surface area contributed by atoms with Crippen LogP contribution < -0.4 is 3.96 Å². The summed E-state index contributed by atoms with van der Waals surface area (Å²) in [4.78, 5) is 4.64. The monoisotopic (exact) mass is 279 g/mol. The molecule has 0 rings (SSSR count). The van der Waals surface area contributed by atoms with E-state index in [2.05, 4.69) is 16.8 Å². The van der Waals surface area contributed by atoms with E-state index in [0.29, 0.717) is 0 Å². The Morgan fingerprint density at radius 1 is 0.917 bits per heavy atom. The zero-order valence-electron chi connectivity index (χ0n) is 9.03. The number of hydrogen-bond acceptors (Lipinski definition) is 1. The first kappa shape index (κ1) is 12.8. The third-order valence-corrected chi connectivity index (χ3v) is 6.86. The Labute approximate surface area is 82.3 Å². The van der Waals surface area contributed by atoms with E-state index in [9.17, 15) is 0 Å². The molecular formula is C10H25NSn. The summed E-state index contributed by atoms with van der Waals surface area (Å²) < 4.78 is 7.46. The molecule has 0 heterocycles. The van der Waals surface area contributed by atoms with Gasteiger partial charge in [-0.3, -0.25) is 0 Å². The molecule has 0 aliphatic heterocycles. The van der Waals surface area contributed by atoms with Crippen molar-refractivity contribution >= 4 is 18.7 Å². The summed E-state index contributed by atoms with van der Waals surface area (Å²) in [6.07, 6.45) is 8.42. The number of rotatable bonds is 7. The molecule has 1 nitrogen and oxygen atoms in total. The van der Waals surface area contributed by atoms with E-state index in [4.69, 9.17) is 3.96 Å². The Bertz CT molecular complexity index is 96.5. The first-order valence-electron chi connectivity index (χ1n) is 5.35. The average Bonchev–Trinajstić information content (AvgIpc) is 1.94. The topological polar surface area (TPSA) is 26.0 Å². The van der Waals surface area contributed by atoms with Crippen LogP contribution in [0.4, 0.5) is 0 Å². The molecule has 0 unspecified atom stereocenters. The third kappa shape index (κ3) is 10.8. The van der Waals surface area contributed by atoms with Gasteiger partial charge in [0.05, 0.1) is 0 Å². The van der Waals surface area contributed by atoms with E-state index in [1.807, 2.05) is 0 Å². The van der Waals surface area contributed by atoms with Crippen molar-refractivity contribution < 1.29 is 0 Å². The Balaban J connectivity index is 3.01. The second-order valence-corrected chi connectivity index (χ2v) is 17.3. The van der Waals surface area contributed by atoms with Crippen molar-refractivity contribution in [3.05, 3.63) is 0 Å². The van der Waals surface area contributed by atoms with Gasteiger partial charge in [0.15, 0.2) is 0 Å². The van der Waals surface area contributed by atoms with Crippen LogP contribution in [0, 0.1) is 0 Å². The minimum atomic E-state index is -1.88. The summed E-state index contributed by atoms with van der Waals surface area (Å²) in [5, 5.41) is 0. The van der Waals surface area contributed by atoms with E-state index in [0.717, 1.165) is 0 Å². The van der Waals surface area contributed by atoms with Crippen molar-refractivity contribution in [3.8, 4) is 0 Å². The second-order valence-electron chi connectivity index (χ2n) is 4.51. The van der Waals surface area contributed by atoms with Gasteiger partial charge < -0.3 is 0 Å². The van der Waals surface area contributed by atoms with Crippen LogP contribution in [-0.4, -0.2) is 18.7 Å². The molecule has 0 radical (unpaired) electrons. The van der Waals surface area contributed by atoms with E-state index >= 15 is 0 Å². The molecule has 2 N–H and O–H groups in total. The molecule has 74 valence electrons. The number of unbranched alkanes of at least 4 members (excludes halogenated alkanes) is 5. The van der Waals surface area contributed by atoms with Crippen LogP contribution in [-0.2, 0) is 0 Å². The summed E-state index contributed by atoms with van der Waals surface area (Å²) in [5.41, 5.74) is 0. The van der Waals surface area contributed by atoms with Crippen molar-refractivity contribution in [1.82, 2.24) is 0 Å². The minimum absolute atomic E-state index is 1.35. The fourth-order valence-corrected chi connectivity index (χ4v) is 4.68. The van der Waals surface area contributed by atoms with E-state index in [1.54, 1.807) is 0 Å². The molecule has 0 aliphatic rings. The van der Waals surface area contributed by atoms with Crippen LogP contribution in [0.5, 0.6) is 0 Å². The molecule has 0 aromatic rings. The van der Waals surface area contributed by atoms with E-state index < -0.39 is 18.7 Å². The fraction of sp³-hybridized carbons (Fsp3) is 1.00. The second kappa shape index (κ2) is 7.19. The number of nitrogens with two attached hydrogens (primary N) is 1. The molecule has 0 fully saturated rings. The van der Waals surface area contributed by atoms with Gasteiger partial charge in [0.1, 0.15) is 0 Å². The molecule has 0 aromatic heterocycles. The summed E-state index contributed by atoms with van der Waals surface area (Å²) in [5.74, 6) is 0. The summed E-state index contributed by atoms with van der Waals surface area (Å²) in [7, 11) is 0. The standard InChI is InChI=1S/C8H17.2CH3.H2N.Sn/c1-3-5-7-8-6-4-2;;;;/h1,3-8H2,2H3;2*1H3;1H2;/q;;;-1;+1. The molecular weight excluding hydrogens is 253 g/mol. The van der Waals surface area contributed by atoms with Gasteiger partial charge in [-0.2, -0.15) is 0 Å². The Kier molecular flexibility index (Phi) is 7.64. The van der Waals surface area contributed by atoms with Crippen LogP contribution in [0.3, 0.4) is 0 Å². The number of hydrogen-bond donors (Lipinski definition) is 1. The van der Waals surface area contributed by atoms with Crippen molar-refractivity contribution in [2.24, 2.45) is 3.96 Å². The van der Waals surface area contributed by atoms with Gasteiger partial charge in [-0.05, 0) is 0 Å². The average molecular weight is 278 g/mol. The zero-order valence-corrected chi connectivity index (χ0v) is 11.9. The third-order valence-electron chi connectivity index (χ3n) is 2.17. The van der Waals surface area contributed by atoms with E-state index in [1.165, 1.54) is 43.0 Å². The van der Waals surface area contributed by atoms with Crippen LogP contribution in [0.2, 0.25) is 14.3 Å². The molecule has 0 bridgehead atoms. The van der Waals surface area contributed by atoms with Gasteiger partial charge in [-0.15, -0.1) is 0 Å². The summed E-state index contributed by atoms with van der Waals surface area (Å²) in [6.45, 7) is 2.26. The van der Waals surface area contributed by atoms with Gasteiger partial charge in [0.2, 0.25) is 0 Å². The van der Waals surface area contributed by atoms with Gasteiger partial charge in [0.25, 0.3) is 0 Å². The molecule has 0 saturated heterocycles. The first-order valence-corrected chi connectivity index (χ1v) is 14.7. The van der Waals surface area contributed by atoms with Gasteiger partial charge in [-0.1, -0.05) is 0 Å². The summed E-state index contributed by atoms with van der Waals surface area (Å²) >= 11 is -1.88. The molecule has 0 saturated carbocycles. The SMILES string of the molecule is CCCCCCC[CH2][Sn]([CH3])([CH3])[NH2]. The fourth-order valence-electron chi connectivity index (χ4n) is 1.36. The van der Waals surface area contributed by atoms with Crippen LogP contribution in [0.15, 0.2) is 0 Å². The van der Waals surface area contributed by atoms with Crippen molar-refractivity contribution in [2.45, 2.75) is 59.8 Å². The van der Waals surface area contributed by atoms with Crippen LogP contribution >= 0.6 is 0 Å². The molecule has 0 spiro atoms. The maximum absolute atomic E-state index is 6.09. The molecule has 12 heavy (non-hydrogen) atoms. The normalized spacial score (nSPS) is 12.0. The quantitative estimate of drug-likeness (QED) is 0.559. The Morgan fingerprint density at radius 3 is 1.92 bits per heavy atom. The van der Waals surface area contributed by atoms with Gasteiger partial charge in [0, 0.05) is 0 Å². The zero-order chi connectivity index (χ0) is 9.45. The molecule has 0 aliphatic carbocycles. The summed E-state index contributed by atoms with van der Waals surface area (Å²) in [6, 6.07) is 0. The molecule has 0 atom stereocenters. The Hall–Kier alpha value is 0.759. The maximum atomic E-state index is 6.09. The van der Waals surface area contributed by atoms with Crippen LogP contribution in [0.25, 0.3) is 0 Å². The molecule has 0 amide bonds. The van der Waals surface area contributed by atoms with Crippen molar-refractivity contribution in [3.63, 3.8) is 0 Å². The predicted molar refractivity (Wildman–Crippen MR) is 59.9 cm³/mol. The van der Waals surface area contributed by atoms with Crippen molar-refractivity contribution in [2.75, 3.05) is 0 Å². The van der Waals surface area contributed by atoms with Crippen molar-refractivity contribution in [1.29, 1.82) is 0 Å². The first-order chi connectivity index (χ1) is 5.56. The predicted octanol–water partition coefficient (Wildman–Crippen LogP) is 3.51. The molecule has 2 heteroatoms. The van der Waals surface area contributed by atoms with Gasteiger partial charge >= 0.3 is 82.4 Å². The van der Waals surface area contributed by atoms with Crippen LogP contribution in [0.1, 0.15) is 45.4 Å². The molecule has 0 aromatic carbocycles. The van der Waals surface area contributed by atoms with E-state index in [-0.39, 0.29) is 0 Å². The Morgan fingerprint density at radius 2 is 1.42 bits per heavy atom. The van der Waals surface area contributed by atoms with Gasteiger partial charge in [-0.25, -0.2) is 0 Å².